The lowest BCUT2D eigenvalue weighted by molar-refractivity contribution is 0.292. The number of halogens is 1. The van der Waals surface area contributed by atoms with Crippen LogP contribution in [0.25, 0.3) is 0 Å². The molecule has 0 aliphatic heterocycles. The molecule has 0 saturated heterocycles. The van der Waals surface area contributed by atoms with E-state index in [2.05, 4.69) is 31.3 Å². The first-order valence-corrected chi connectivity index (χ1v) is 7.05. The zero-order chi connectivity index (χ0) is 12.3. The van der Waals surface area contributed by atoms with Crippen molar-refractivity contribution in [1.82, 2.24) is 5.32 Å². The quantitative estimate of drug-likeness (QED) is 0.830. The molecule has 1 aliphatic rings. The number of benzene rings is 1. The Hall–Kier alpha value is -0.530. The van der Waals surface area contributed by atoms with Gasteiger partial charge in [-0.15, -0.1) is 0 Å². The molecule has 94 valence electrons. The van der Waals surface area contributed by atoms with Gasteiger partial charge in [0.05, 0.1) is 0 Å². The topological polar surface area (TPSA) is 12.0 Å². The molecule has 1 nitrogen and oxygen atoms in total. The van der Waals surface area contributed by atoms with Gasteiger partial charge in [-0.1, -0.05) is 36.7 Å². The first-order chi connectivity index (χ1) is 8.16. The van der Waals surface area contributed by atoms with Gasteiger partial charge in [0.1, 0.15) is 0 Å². The third kappa shape index (κ3) is 3.46. The molecule has 0 spiro atoms. The Morgan fingerprint density at radius 3 is 2.47 bits per heavy atom. The van der Waals surface area contributed by atoms with Crippen molar-refractivity contribution in [3.8, 4) is 0 Å². The predicted molar refractivity (Wildman–Crippen MR) is 74.4 cm³/mol. The van der Waals surface area contributed by atoms with E-state index in [-0.39, 0.29) is 0 Å². The average Bonchev–Trinajstić information content (AvgIpc) is 2.32. The van der Waals surface area contributed by atoms with Gasteiger partial charge in [0.15, 0.2) is 0 Å². The summed E-state index contributed by atoms with van der Waals surface area (Å²) in [5.41, 5.74) is 1.22. The minimum absolute atomic E-state index is 0.349. The highest BCUT2D eigenvalue weighted by Gasteiger charge is 2.20. The van der Waals surface area contributed by atoms with Crippen LogP contribution in [0.1, 0.15) is 51.1 Å². The maximum atomic E-state index is 6.22. The van der Waals surface area contributed by atoms with E-state index < -0.39 is 0 Å². The van der Waals surface area contributed by atoms with Crippen molar-refractivity contribution >= 4 is 11.6 Å². The van der Waals surface area contributed by atoms with Crippen LogP contribution in [0.5, 0.6) is 0 Å². The lowest BCUT2D eigenvalue weighted by atomic mass is 9.87. The summed E-state index contributed by atoms with van der Waals surface area (Å²) in [6.45, 7) is 4.56. The molecule has 1 aromatic carbocycles. The smallest absolute Gasteiger partial charge is 0.0453 e. The molecule has 1 N–H and O–H groups in total. The monoisotopic (exact) mass is 251 g/mol. The van der Waals surface area contributed by atoms with E-state index in [4.69, 9.17) is 11.6 Å². The van der Waals surface area contributed by atoms with E-state index in [9.17, 15) is 0 Å². The number of hydrogen-bond acceptors (Lipinski definition) is 1. The Morgan fingerprint density at radius 2 is 1.82 bits per heavy atom. The molecule has 1 atom stereocenters. The molecule has 0 bridgehead atoms. The van der Waals surface area contributed by atoms with Crippen LogP contribution in [0.4, 0.5) is 0 Å². The summed E-state index contributed by atoms with van der Waals surface area (Å²) in [6.07, 6.45) is 5.31. The van der Waals surface area contributed by atoms with Gasteiger partial charge in [-0.05, 0) is 50.2 Å². The molecule has 1 saturated carbocycles. The molecule has 1 fully saturated rings. The predicted octanol–water partition coefficient (Wildman–Crippen LogP) is 4.57. The molecule has 0 unspecified atom stereocenters. The van der Waals surface area contributed by atoms with Crippen molar-refractivity contribution in [3.05, 3.63) is 34.9 Å². The molecular weight excluding hydrogens is 230 g/mol. The lowest BCUT2D eigenvalue weighted by Crippen LogP contribution is -2.34. The van der Waals surface area contributed by atoms with Crippen LogP contribution in [0.3, 0.4) is 0 Å². The molecule has 0 aromatic heterocycles. The van der Waals surface area contributed by atoms with Crippen molar-refractivity contribution in [2.75, 3.05) is 0 Å². The summed E-state index contributed by atoms with van der Waals surface area (Å²) in [5, 5.41) is 4.58. The highest BCUT2D eigenvalue weighted by atomic mass is 35.5. The van der Waals surface area contributed by atoms with Crippen molar-refractivity contribution in [2.24, 2.45) is 5.92 Å². The third-order valence-corrected chi connectivity index (χ3v) is 4.22. The Labute approximate surface area is 110 Å². The number of hydrogen-bond donors (Lipinski definition) is 1. The van der Waals surface area contributed by atoms with Gasteiger partial charge in [0.2, 0.25) is 0 Å². The first kappa shape index (κ1) is 12.9. The fraction of sp³-hybridized carbons (Fsp3) is 0.600. The Morgan fingerprint density at radius 1 is 1.18 bits per heavy atom. The van der Waals surface area contributed by atoms with Gasteiger partial charge in [0.25, 0.3) is 0 Å². The summed E-state index contributed by atoms with van der Waals surface area (Å²) in [7, 11) is 0. The second kappa shape index (κ2) is 5.88. The summed E-state index contributed by atoms with van der Waals surface area (Å²) in [5.74, 6) is 0.906. The summed E-state index contributed by atoms with van der Waals surface area (Å²) >= 11 is 6.22. The van der Waals surface area contributed by atoms with Gasteiger partial charge in [0, 0.05) is 17.1 Å². The molecule has 0 amide bonds. The molecule has 1 aliphatic carbocycles. The third-order valence-electron chi connectivity index (χ3n) is 3.87. The van der Waals surface area contributed by atoms with Gasteiger partial charge >= 0.3 is 0 Å². The van der Waals surface area contributed by atoms with Gasteiger partial charge in [-0.25, -0.2) is 0 Å². The number of rotatable bonds is 3. The van der Waals surface area contributed by atoms with Crippen molar-refractivity contribution in [1.29, 1.82) is 0 Å². The summed E-state index contributed by atoms with van der Waals surface area (Å²) in [4.78, 5) is 0. The second-order valence-corrected chi connectivity index (χ2v) is 5.77. The maximum Gasteiger partial charge on any atom is 0.0453 e. The fourth-order valence-electron chi connectivity index (χ4n) is 2.70. The van der Waals surface area contributed by atoms with E-state index in [1.54, 1.807) is 0 Å². The van der Waals surface area contributed by atoms with Crippen LogP contribution in [0, 0.1) is 5.92 Å². The van der Waals surface area contributed by atoms with E-state index in [1.807, 2.05) is 12.1 Å². The standard InChI is InChI=1S/C15H22ClN/c1-11-7-9-13(10-8-11)17-12(2)14-5-3-4-6-15(14)16/h3-6,11-13,17H,7-10H2,1-2H3/t11?,12-,13?/m0/s1. The first-order valence-electron chi connectivity index (χ1n) is 6.67. The lowest BCUT2D eigenvalue weighted by Gasteiger charge is -2.30. The Bertz CT molecular complexity index is 356. The normalized spacial score (nSPS) is 26.8. The van der Waals surface area contributed by atoms with Gasteiger partial charge in [-0.3, -0.25) is 0 Å². The molecular formula is C15H22ClN. The van der Waals surface area contributed by atoms with Crippen LogP contribution in [-0.4, -0.2) is 6.04 Å². The SMILES string of the molecule is CC1CCC(N[C@@H](C)c2ccccc2Cl)CC1. The van der Waals surface area contributed by atoms with Crippen molar-refractivity contribution in [2.45, 2.75) is 51.6 Å². The maximum absolute atomic E-state index is 6.22. The minimum Gasteiger partial charge on any atom is -0.307 e. The van der Waals surface area contributed by atoms with Crippen LogP contribution in [-0.2, 0) is 0 Å². The number of nitrogens with one attached hydrogen (secondary N) is 1. The summed E-state index contributed by atoms with van der Waals surface area (Å²) < 4.78 is 0. The zero-order valence-corrected chi connectivity index (χ0v) is 11.5. The van der Waals surface area contributed by atoms with Crippen LogP contribution in [0.2, 0.25) is 5.02 Å². The van der Waals surface area contributed by atoms with E-state index in [1.165, 1.54) is 31.2 Å². The Balaban J connectivity index is 1.93. The fourth-order valence-corrected chi connectivity index (χ4v) is 3.00. The van der Waals surface area contributed by atoms with Crippen LogP contribution < -0.4 is 5.32 Å². The minimum atomic E-state index is 0.349. The van der Waals surface area contributed by atoms with Gasteiger partial charge in [-0.2, -0.15) is 0 Å². The molecule has 2 rings (SSSR count). The molecule has 2 heteroatoms. The van der Waals surface area contributed by atoms with Crippen molar-refractivity contribution < 1.29 is 0 Å². The highest BCUT2D eigenvalue weighted by molar-refractivity contribution is 6.31. The van der Waals surface area contributed by atoms with Gasteiger partial charge < -0.3 is 5.32 Å². The van der Waals surface area contributed by atoms with Crippen LogP contribution in [0.15, 0.2) is 24.3 Å². The molecule has 1 aromatic rings. The zero-order valence-electron chi connectivity index (χ0n) is 10.7. The average molecular weight is 252 g/mol. The van der Waals surface area contributed by atoms with E-state index >= 15 is 0 Å². The summed E-state index contributed by atoms with van der Waals surface area (Å²) in [6, 6.07) is 9.15. The largest absolute Gasteiger partial charge is 0.307 e. The second-order valence-electron chi connectivity index (χ2n) is 5.37. The van der Waals surface area contributed by atoms with Crippen molar-refractivity contribution in [3.63, 3.8) is 0 Å². The molecule has 17 heavy (non-hydrogen) atoms. The van der Waals surface area contributed by atoms with E-state index in [0.29, 0.717) is 12.1 Å². The van der Waals surface area contributed by atoms with Crippen LogP contribution >= 0.6 is 11.6 Å². The Kier molecular flexibility index (Phi) is 4.47. The highest BCUT2D eigenvalue weighted by Crippen LogP contribution is 2.27. The molecule has 0 heterocycles. The molecule has 0 radical (unpaired) electrons. The van der Waals surface area contributed by atoms with E-state index in [0.717, 1.165) is 10.9 Å².